The van der Waals surface area contributed by atoms with Crippen molar-refractivity contribution in [2.75, 3.05) is 52.6 Å². The SMILES string of the molecule is OCC[N+](CCO)(CCO)CCO.[F-]. The summed E-state index contributed by atoms with van der Waals surface area (Å²) in [6, 6.07) is 0. The van der Waals surface area contributed by atoms with E-state index in [9.17, 15) is 0 Å². The zero-order valence-electron chi connectivity index (χ0n) is 8.27. The van der Waals surface area contributed by atoms with Gasteiger partial charge in [-0.15, -0.1) is 0 Å². The summed E-state index contributed by atoms with van der Waals surface area (Å²) >= 11 is 0. The van der Waals surface area contributed by atoms with Crippen molar-refractivity contribution in [3.63, 3.8) is 0 Å². The van der Waals surface area contributed by atoms with Crippen molar-refractivity contribution in [3.05, 3.63) is 0 Å². The molecule has 0 saturated carbocycles. The van der Waals surface area contributed by atoms with Gasteiger partial charge in [0.1, 0.15) is 26.2 Å². The molecule has 0 aliphatic carbocycles. The Kier molecular flexibility index (Phi) is 10.7. The Morgan fingerprint density at radius 2 is 0.786 bits per heavy atom. The van der Waals surface area contributed by atoms with E-state index in [1.807, 2.05) is 0 Å². The molecule has 0 aromatic rings. The fourth-order valence-electron chi connectivity index (χ4n) is 1.52. The van der Waals surface area contributed by atoms with Crippen molar-refractivity contribution in [2.24, 2.45) is 0 Å². The molecule has 0 atom stereocenters. The van der Waals surface area contributed by atoms with E-state index in [4.69, 9.17) is 20.4 Å². The van der Waals surface area contributed by atoms with Crippen LogP contribution in [0.5, 0.6) is 0 Å². The van der Waals surface area contributed by atoms with Crippen LogP contribution in [-0.2, 0) is 0 Å². The highest BCUT2D eigenvalue weighted by atomic mass is 19.0. The van der Waals surface area contributed by atoms with Crippen LogP contribution in [0, 0.1) is 0 Å². The molecule has 0 rings (SSSR count). The predicted octanol–water partition coefficient (Wildman–Crippen LogP) is -5.22. The molecule has 0 aliphatic heterocycles. The van der Waals surface area contributed by atoms with E-state index in [2.05, 4.69) is 0 Å². The average molecular weight is 213 g/mol. The van der Waals surface area contributed by atoms with E-state index in [1.165, 1.54) is 0 Å². The van der Waals surface area contributed by atoms with Crippen LogP contribution >= 0.6 is 0 Å². The number of hydrogen-bond donors (Lipinski definition) is 4. The van der Waals surface area contributed by atoms with Crippen LogP contribution in [0.4, 0.5) is 0 Å². The third-order valence-corrected chi connectivity index (χ3v) is 2.30. The topological polar surface area (TPSA) is 80.9 Å². The van der Waals surface area contributed by atoms with E-state index >= 15 is 0 Å². The summed E-state index contributed by atoms with van der Waals surface area (Å²) in [7, 11) is 0. The van der Waals surface area contributed by atoms with Gasteiger partial charge >= 0.3 is 0 Å². The van der Waals surface area contributed by atoms with Gasteiger partial charge in [-0.3, -0.25) is 0 Å². The van der Waals surface area contributed by atoms with Gasteiger partial charge in [0.15, 0.2) is 0 Å². The molecule has 5 nitrogen and oxygen atoms in total. The van der Waals surface area contributed by atoms with E-state index in [1.54, 1.807) is 0 Å². The standard InChI is InChI=1S/C8H20NO4.FH/c10-5-1-9(2-6-11,3-7-12)4-8-13;/h10-13H,1-8H2;1H/q+1;/p-1. The lowest BCUT2D eigenvalue weighted by Gasteiger charge is -2.36. The fourth-order valence-corrected chi connectivity index (χ4v) is 1.52. The second-order valence-corrected chi connectivity index (χ2v) is 3.13. The summed E-state index contributed by atoms with van der Waals surface area (Å²) in [5.74, 6) is 0. The largest absolute Gasteiger partial charge is 1.00 e. The molecule has 0 heterocycles. The Morgan fingerprint density at radius 1 is 0.571 bits per heavy atom. The van der Waals surface area contributed by atoms with Gasteiger partial charge in [0.25, 0.3) is 0 Å². The zero-order valence-corrected chi connectivity index (χ0v) is 8.27. The van der Waals surface area contributed by atoms with Crippen LogP contribution in [0.1, 0.15) is 0 Å². The minimum atomic E-state index is 0. The summed E-state index contributed by atoms with van der Waals surface area (Å²) in [4.78, 5) is 0. The second kappa shape index (κ2) is 9.29. The number of hydrogen-bond acceptors (Lipinski definition) is 4. The van der Waals surface area contributed by atoms with Gasteiger partial charge in [-0.25, -0.2) is 0 Å². The molecule has 0 bridgehead atoms. The first kappa shape index (κ1) is 16.2. The van der Waals surface area contributed by atoms with Crippen LogP contribution < -0.4 is 4.70 Å². The van der Waals surface area contributed by atoms with Crippen molar-refractivity contribution >= 4 is 0 Å². The summed E-state index contributed by atoms with van der Waals surface area (Å²) < 4.78 is 0.375. The number of halogens is 1. The van der Waals surface area contributed by atoms with Crippen molar-refractivity contribution in [3.8, 4) is 0 Å². The van der Waals surface area contributed by atoms with Gasteiger partial charge in [0, 0.05) is 0 Å². The third-order valence-electron chi connectivity index (χ3n) is 2.30. The molecule has 6 heteroatoms. The van der Waals surface area contributed by atoms with E-state index in [0.29, 0.717) is 30.7 Å². The molecule has 14 heavy (non-hydrogen) atoms. The normalized spacial score (nSPS) is 11.1. The van der Waals surface area contributed by atoms with Gasteiger partial charge in [0.05, 0.1) is 26.4 Å². The maximum Gasteiger partial charge on any atom is 0.102 e. The highest BCUT2D eigenvalue weighted by molar-refractivity contribution is 4.44. The Bertz CT molecular complexity index is 96.4. The summed E-state index contributed by atoms with van der Waals surface area (Å²) in [6.45, 7) is 1.84. The molecule has 0 spiro atoms. The third kappa shape index (κ3) is 5.46. The Labute approximate surface area is 83.2 Å². The molecular formula is C8H20FNO4. The maximum atomic E-state index is 8.82. The van der Waals surface area contributed by atoms with Crippen LogP contribution in [0.15, 0.2) is 0 Å². The minimum absolute atomic E-state index is 0. The Morgan fingerprint density at radius 3 is 0.929 bits per heavy atom. The van der Waals surface area contributed by atoms with Gasteiger partial charge < -0.3 is 29.6 Å². The van der Waals surface area contributed by atoms with Crippen molar-refractivity contribution < 1.29 is 29.6 Å². The lowest BCUT2D eigenvalue weighted by Crippen LogP contribution is -3.00. The second-order valence-electron chi connectivity index (χ2n) is 3.13. The number of aliphatic hydroxyl groups is 4. The van der Waals surface area contributed by atoms with Crippen LogP contribution in [0.25, 0.3) is 0 Å². The average Bonchev–Trinajstić information content (AvgIpc) is 2.06. The first-order valence-electron chi connectivity index (χ1n) is 4.53. The van der Waals surface area contributed by atoms with Crippen molar-refractivity contribution in [1.82, 2.24) is 0 Å². The lowest BCUT2D eigenvalue weighted by atomic mass is 10.3. The molecule has 0 aliphatic rings. The highest BCUT2D eigenvalue weighted by Gasteiger charge is 2.24. The monoisotopic (exact) mass is 213 g/mol. The fraction of sp³-hybridized carbons (Fsp3) is 1.00. The first-order valence-corrected chi connectivity index (χ1v) is 4.53. The van der Waals surface area contributed by atoms with Crippen LogP contribution in [0.3, 0.4) is 0 Å². The maximum absolute atomic E-state index is 8.82. The van der Waals surface area contributed by atoms with E-state index in [-0.39, 0.29) is 31.1 Å². The van der Waals surface area contributed by atoms with Crippen LogP contribution in [0.2, 0.25) is 0 Å². The Hall–Kier alpha value is -0.270. The first-order chi connectivity index (χ1) is 6.24. The van der Waals surface area contributed by atoms with Gasteiger partial charge in [-0.05, 0) is 0 Å². The number of rotatable bonds is 8. The molecule has 4 N–H and O–H groups in total. The van der Waals surface area contributed by atoms with Crippen molar-refractivity contribution in [1.29, 1.82) is 0 Å². The molecule has 0 radical (unpaired) electrons. The molecule has 0 aromatic carbocycles. The molecule has 0 aromatic heterocycles. The molecule has 0 saturated heterocycles. The number of quaternary nitrogens is 1. The summed E-state index contributed by atoms with van der Waals surface area (Å²) in [5, 5.41) is 35.3. The molecular weight excluding hydrogens is 193 g/mol. The quantitative estimate of drug-likeness (QED) is 0.304. The molecule has 0 unspecified atom stereocenters. The van der Waals surface area contributed by atoms with Gasteiger partial charge in [-0.1, -0.05) is 0 Å². The van der Waals surface area contributed by atoms with E-state index in [0.717, 1.165) is 0 Å². The van der Waals surface area contributed by atoms with Crippen molar-refractivity contribution in [2.45, 2.75) is 0 Å². The van der Waals surface area contributed by atoms with Crippen LogP contribution in [-0.4, -0.2) is 77.5 Å². The lowest BCUT2D eigenvalue weighted by molar-refractivity contribution is -0.929. The predicted molar refractivity (Wildman–Crippen MR) is 48.1 cm³/mol. The summed E-state index contributed by atoms with van der Waals surface area (Å²) in [6.07, 6.45) is 0. The van der Waals surface area contributed by atoms with E-state index < -0.39 is 0 Å². The zero-order chi connectivity index (χ0) is 10.2. The molecule has 88 valence electrons. The minimum Gasteiger partial charge on any atom is -1.00 e. The molecule has 0 amide bonds. The van der Waals surface area contributed by atoms with Gasteiger partial charge in [0.2, 0.25) is 0 Å². The number of nitrogens with zero attached hydrogens (tertiary/aromatic N) is 1. The smallest absolute Gasteiger partial charge is 0.102 e. The highest BCUT2D eigenvalue weighted by Crippen LogP contribution is 2.04. The molecule has 0 fully saturated rings. The van der Waals surface area contributed by atoms with Gasteiger partial charge in [-0.2, -0.15) is 0 Å². The Balaban J connectivity index is 0. The summed E-state index contributed by atoms with van der Waals surface area (Å²) in [5.41, 5.74) is 0. The number of aliphatic hydroxyl groups excluding tert-OH is 4.